The Labute approximate surface area is 70.5 Å². The van der Waals surface area contributed by atoms with Gasteiger partial charge in [-0.3, -0.25) is 4.79 Å². The van der Waals surface area contributed by atoms with Crippen LogP contribution in [0.25, 0.3) is 0 Å². The third-order valence-electron chi connectivity index (χ3n) is 1.48. The maximum Gasteiger partial charge on any atom is 0.240 e. The molecule has 0 aliphatic carbocycles. The van der Waals surface area contributed by atoms with Gasteiger partial charge in [0.1, 0.15) is 0 Å². The second kappa shape index (κ2) is 3.40. The molecular weight excluding hydrogens is 156 g/mol. The Bertz CT molecular complexity index is 317. The van der Waals surface area contributed by atoms with Crippen LogP contribution in [0.3, 0.4) is 0 Å². The molecule has 0 unspecified atom stereocenters. The summed E-state index contributed by atoms with van der Waals surface area (Å²) in [5.41, 5.74) is -0.0156. The third-order valence-corrected chi connectivity index (χ3v) is 1.48. The molecule has 1 rings (SSSR count). The van der Waals surface area contributed by atoms with Gasteiger partial charge in [-0.1, -0.05) is 0 Å². The molecule has 0 bridgehead atoms. The van der Waals surface area contributed by atoms with Crippen LogP contribution in [0.15, 0.2) is 17.1 Å². The Kier molecular flexibility index (Phi) is 2.50. The summed E-state index contributed by atoms with van der Waals surface area (Å²) in [6.07, 6.45) is 1.49. The summed E-state index contributed by atoms with van der Waals surface area (Å²) >= 11 is 0. The molecule has 0 aliphatic heterocycles. The summed E-state index contributed by atoms with van der Waals surface area (Å²) in [5.74, 6) is -0.439. The molecule has 0 radical (unpaired) electrons. The quantitative estimate of drug-likeness (QED) is 0.646. The van der Waals surface area contributed by atoms with Crippen LogP contribution in [0.5, 0.6) is 5.75 Å². The van der Waals surface area contributed by atoms with Gasteiger partial charge >= 0.3 is 0 Å². The van der Waals surface area contributed by atoms with E-state index in [1.807, 2.05) is 19.0 Å². The summed E-state index contributed by atoms with van der Waals surface area (Å²) in [6, 6.07) is 1.63. The first kappa shape index (κ1) is 8.80. The number of hydrogen-bond acceptors (Lipinski definition) is 3. The van der Waals surface area contributed by atoms with Crippen molar-refractivity contribution in [2.45, 2.75) is 6.54 Å². The highest BCUT2D eigenvalue weighted by Crippen LogP contribution is 2.06. The lowest BCUT2D eigenvalue weighted by Crippen LogP contribution is -2.19. The molecule has 1 aromatic heterocycles. The second-order valence-electron chi connectivity index (χ2n) is 2.90. The normalized spacial score (nSPS) is 10.6. The van der Waals surface area contributed by atoms with Crippen molar-refractivity contribution in [2.24, 2.45) is 0 Å². The van der Waals surface area contributed by atoms with Gasteiger partial charge in [0.05, 0.1) is 0 Å². The predicted octanol–water partition coefficient (Wildman–Crippen LogP) is -0.490. The summed E-state index contributed by atoms with van der Waals surface area (Å²) in [7, 11) is 3.70. The van der Waals surface area contributed by atoms with Gasteiger partial charge in [0, 0.05) is 12.7 Å². The van der Waals surface area contributed by atoms with Crippen molar-refractivity contribution in [1.29, 1.82) is 0 Å². The molecule has 4 heteroatoms. The Hall–Kier alpha value is -1.29. The van der Waals surface area contributed by atoms with E-state index < -0.39 is 11.3 Å². The number of H-pyrrole nitrogens is 1. The van der Waals surface area contributed by atoms with Crippen molar-refractivity contribution in [3.05, 3.63) is 28.2 Å². The SMILES string of the molecule is CN(C)Cc1cc[nH]c(=O)c1[O-]. The molecule has 0 aliphatic rings. The van der Waals surface area contributed by atoms with Gasteiger partial charge in [0.2, 0.25) is 5.56 Å². The molecule has 1 aromatic rings. The van der Waals surface area contributed by atoms with Gasteiger partial charge in [-0.05, 0) is 31.5 Å². The van der Waals surface area contributed by atoms with Crippen LogP contribution in [0.2, 0.25) is 0 Å². The molecule has 0 fully saturated rings. The van der Waals surface area contributed by atoms with E-state index in [0.29, 0.717) is 12.1 Å². The van der Waals surface area contributed by atoms with Gasteiger partial charge in [0.25, 0.3) is 0 Å². The molecule has 0 saturated carbocycles. The lowest BCUT2D eigenvalue weighted by molar-refractivity contribution is -0.271. The van der Waals surface area contributed by atoms with Crippen LogP contribution >= 0.6 is 0 Å². The molecule has 0 saturated heterocycles. The maximum absolute atomic E-state index is 11.1. The van der Waals surface area contributed by atoms with Gasteiger partial charge in [0.15, 0.2) is 0 Å². The van der Waals surface area contributed by atoms with Crippen molar-refractivity contribution in [3.8, 4) is 5.75 Å². The standard InChI is InChI=1S/C8H12N2O2/c1-10(2)5-6-3-4-9-8(12)7(6)11/h3-4,11H,5H2,1-2H3,(H,9,12)/p-1. The Morgan fingerprint density at radius 3 is 2.83 bits per heavy atom. The minimum atomic E-state index is -0.547. The van der Waals surface area contributed by atoms with Crippen molar-refractivity contribution < 1.29 is 5.11 Å². The van der Waals surface area contributed by atoms with E-state index >= 15 is 0 Å². The van der Waals surface area contributed by atoms with E-state index in [0.717, 1.165) is 0 Å². The number of rotatable bonds is 2. The topological polar surface area (TPSA) is 59.2 Å². The summed E-state index contributed by atoms with van der Waals surface area (Å²) < 4.78 is 0. The van der Waals surface area contributed by atoms with E-state index in [1.54, 1.807) is 6.07 Å². The van der Waals surface area contributed by atoms with Gasteiger partial charge < -0.3 is 15.0 Å². The fraction of sp³-hybridized carbons (Fsp3) is 0.375. The monoisotopic (exact) mass is 167 g/mol. The van der Waals surface area contributed by atoms with Crippen LogP contribution in [0.1, 0.15) is 5.56 Å². The number of nitrogens with zero attached hydrogens (tertiary/aromatic N) is 1. The Morgan fingerprint density at radius 1 is 1.58 bits per heavy atom. The summed E-state index contributed by atoms with van der Waals surface area (Å²) in [5, 5.41) is 11.1. The van der Waals surface area contributed by atoms with Gasteiger partial charge in [-0.25, -0.2) is 0 Å². The predicted molar refractivity (Wildman–Crippen MR) is 43.9 cm³/mol. The minimum Gasteiger partial charge on any atom is -0.869 e. The first-order valence-corrected chi connectivity index (χ1v) is 3.63. The van der Waals surface area contributed by atoms with E-state index in [4.69, 9.17) is 0 Å². The average molecular weight is 167 g/mol. The van der Waals surface area contributed by atoms with Crippen molar-refractivity contribution >= 4 is 0 Å². The summed E-state index contributed by atoms with van der Waals surface area (Å²) in [6.45, 7) is 0.503. The molecule has 0 atom stereocenters. The highest BCUT2D eigenvalue weighted by atomic mass is 16.3. The smallest absolute Gasteiger partial charge is 0.240 e. The molecule has 1 heterocycles. The summed E-state index contributed by atoms with van der Waals surface area (Å²) in [4.78, 5) is 15.0. The van der Waals surface area contributed by atoms with Gasteiger partial charge in [-0.2, -0.15) is 0 Å². The fourth-order valence-corrected chi connectivity index (χ4v) is 0.970. The number of aromatic amines is 1. The maximum atomic E-state index is 11.1. The zero-order valence-electron chi connectivity index (χ0n) is 7.13. The highest BCUT2D eigenvalue weighted by molar-refractivity contribution is 5.26. The second-order valence-corrected chi connectivity index (χ2v) is 2.90. The van der Waals surface area contributed by atoms with E-state index in [1.165, 1.54) is 6.20 Å². The molecular formula is C8H11N2O2-. The number of nitrogens with one attached hydrogen (secondary N) is 1. The third kappa shape index (κ3) is 1.85. The lowest BCUT2D eigenvalue weighted by Gasteiger charge is -2.15. The van der Waals surface area contributed by atoms with Gasteiger partial charge in [-0.15, -0.1) is 0 Å². The molecule has 0 aromatic carbocycles. The van der Waals surface area contributed by atoms with E-state index in [2.05, 4.69) is 4.98 Å². The van der Waals surface area contributed by atoms with Crippen molar-refractivity contribution in [2.75, 3.05) is 14.1 Å². The average Bonchev–Trinajstić information content (AvgIpc) is 1.98. The van der Waals surface area contributed by atoms with Crippen LogP contribution in [-0.4, -0.2) is 24.0 Å². The number of aromatic nitrogens is 1. The molecule has 12 heavy (non-hydrogen) atoms. The largest absolute Gasteiger partial charge is 0.869 e. The molecule has 0 spiro atoms. The molecule has 4 nitrogen and oxygen atoms in total. The van der Waals surface area contributed by atoms with E-state index in [-0.39, 0.29) is 0 Å². The highest BCUT2D eigenvalue weighted by Gasteiger charge is 1.97. The number of hydrogen-bond donors (Lipinski definition) is 1. The number of pyridine rings is 1. The Balaban J connectivity index is 3.00. The minimum absolute atomic E-state index is 0.439. The molecule has 1 N–H and O–H groups in total. The molecule has 0 amide bonds. The zero-order chi connectivity index (χ0) is 9.14. The van der Waals surface area contributed by atoms with Crippen LogP contribution in [0, 0.1) is 0 Å². The van der Waals surface area contributed by atoms with E-state index in [9.17, 15) is 9.90 Å². The van der Waals surface area contributed by atoms with Crippen LogP contribution < -0.4 is 10.7 Å². The fourth-order valence-electron chi connectivity index (χ4n) is 0.970. The van der Waals surface area contributed by atoms with Crippen molar-refractivity contribution in [3.63, 3.8) is 0 Å². The Morgan fingerprint density at radius 2 is 2.25 bits per heavy atom. The molecule has 66 valence electrons. The lowest BCUT2D eigenvalue weighted by atomic mass is 10.2. The van der Waals surface area contributed by atoms with Crippen molar-refractivity contribution in [1.82, 2.24) is 9.88 Å². The zero-order valence-corrected chi connectivity index (χ0v) is 7.13. The first-order valence-electron chi connectivity index (χ1n) is 3.63. The van der Waals surface area contributed by atoms with Crippen LogP contribution in [0.4, 0.5) is 0 Å². The first-order chi connectivity index (χ1) is 5.61. The van der Waals surface area contributed by atoms with Crippen LogP contribution in [-0.2, 0) is 6.54 Å².